The summed E-state index contributed by atoms with van der Waals surface area (Å²) in [5.41, 5.74) is 13.6. The van der Waals surface area contributed by atoms with Gasteiger partial charge in [0, 0.05) is 54.5 Å². The highest BCUT2D eigenvalue weighted by atomic mass is 16.1. The highest BCUT2D eigenvalue weighted by Crippen LogP contribution is 2.42. The van der Waals surface area contributed by atoms with Crippen LogP contribution in [0.1, 0.15) is 0 Å². The second-order valence-electron chi connectivity index (χ2n) is 15.7. The number of para-hydroxylation sites is 4. The molecule has 0 N–H and O–H groups in total. The smallest absolute Gasteiger partial charge is 0.263 e. The highest BCUT2D eigenvalue weighted by Gasteiger charge is 2.20. The van der Waals surface area contributed by atoms with Crippen molar-refractivity contribution >= 4 is 81.6 Å². The van der Waals surface area contributed by atoms with Crippen LogP contribution in [-0.4, -0.2) is 13.5 Å². The fourth-order valence-electron chi connectivity index (χ4n) is 9.95. The zero-order chi connectivity index (χ0) is 38.8. The molecular formula is C55H33N3O. The van der Waals surface area contributed by atoms with Crippen molar-refractivity contribution in [1.29, 1.82) is 0 Å². The van der Waals surface area contributed by atoms with E-state index in [1.54, 1.807) is 0 Å². The van der Waals surface area contributed by atoms with Gasteiger partial charge in [-0.1, -0.05) is 109 Å². The van der Waals surface area contributed by atoms with Gasteiger partial charge in [-0.05, 0) is 119 Å². The Balaban J connectivity index is 1.05. The number of fused-ring (bicyclic) bond motifs is 11. The van der Waals surface area contributed by atoms with Gasteiger partial charge in [-0.25, -0.2) is 0 Å². The first-order valence-electron chi connectivity index (χ1n) is 20.1. The summed E-state index contributed by atoms with van der Waals surface area (Å²) in [6.07, 6.45) is 0. The van der Waals surface area contributed by atoms with Crippen molar-refractivity contribution in [2.24, 2.45) is 0 Å². The molecule has 0 aliphatic rings. The van der Waals surface area contributed by atoms with Crippen molar-refractivity contribution in [2.45, 2.75) is 0 Å². The number of hydrogen-bond donors (Lipinski definition) is 0. The quantitative estimate of drug-likeness (QED) is 0.165. The molecule has 0 aliphatic heterocycles. The van der Waals surface area contributed by atoms with E-state index >= 15 is 0 Å². The van der Waals surface area contributed by atoms with E-state index in [0.29, 0.717) is 0 Å². The number of rotatable bonds is 4. The normalized spacial score (nSPS) is 12.1. The van der Waals surface area contributed by atoms with Crippen LogP contribution in [0.25, 0.3) is 115 Å². The Morgan fingerprint density at radius 2 is 0.644 bits per heavy atom. The summed E-state index contributed by atoms with van der Waals surface area (Å²) in [5, 5.41) is 9.84. The minimum Gasteiger partial charge on any atom is -0.309 e. The second kappa shape index (κ2) is 12.0. The average Bonchev–Trinajstić information content (AvgIpc) is 3.94. The topological polar surface area (TPSA) is 31.3 Å². The van der Waals surface area contributed by atoms with Gasteiger partial charge in [-0.15, -0.1) is 0 Å². The average molecular weight is 752 g/mol. The molecule has 4 nitrogen and oxygen atoms in total. The summed E-state index contributed by atoms with van der Waals surface area (Å²) in [7, 11) is 0. The lowest BCUT2D eigenvalue weighted by atomic mass is 9.96. The lowest BCUT2D eigenvalue weighted by molar-refractivity contribution is 1.18. The Morgan fingerprint density at radius 3 is 1.20 bits per heavy atom. The number of nitrogens with zero attached hydrogens (tertiary/aromatic N) is 3. The van der Waals surface area contributed by atoms with Gasteiger partial charge in [0.1, 0.15) is 0 Å². The van der Waals surface area contributed by atoms with E-state index in [0.717, 1.165) is 71.5 Å². The summed E-state index contributed by atoms with van der Waals surface area (Å²) in [5.74, 6) is 0. The summed E-state index contributed by atoms with van der Waals surface area (Å²) in [6, 6.07) is 71.6. The van der Waals surface area contributed by atoms with Gasteiger partial charge >= 0.3 is 0 Å². The molecule has 0 radical (unpaired) electrons. The van der Waals surface area contributed by atoms with Crippen molar-refractivity contribution in [3.05, 3.63) is 211 Å². The van der Waals surface area contributed by atoms with Crippen LogP contribution in [0.4, 0.5) is 0 Å². The fraction of sp³-hybridized carbons (Fsp3) is 0. The van der Waals surface area contributed by atoms with E-state index < -0.39 is 0 Å². The molecule has 0 amide bonds. The molecule has 0 atom stereocenters. The molecule has 0 saturated carbocycles. The Morgan fingerprint density at radius 1 is 0.271 bits per heavy atom. The van der Waals surface area contributed by atoms with Crippen molar-refractivity contribution in [3.63, 3.8) is 0 Å². The Bertz CT molecular complexity index is 3910. The molecule has 274 valence electrons. The van der Waals surface area contributed by atoms with Crippen LogP contribution in [0.3, 0.4) is 0 Å². The SMILES string of the molecule is O=c1c2ccccc2c2cc(-c3ccc4c(c3)c3cc(-c5ccc6c(c5)c5ccccc5n6-c5ccccc5)ccc3n4-c3ccccc3)cc3c4ccccc4n1c23. The van der Waals surface area contributed by atoms with Crippen molar-refractivity contribution in [2.75, 3.05) is 0 Å². The third kappa shape index (κ3) is 4.51. The predicted octanol–water partition coefficient (Wildman–Crippen LogP) is 13.7. The number of hydrogen-bond acceptors (Lipinski definition) is 1. The molecule has 4 heteroatoms. The molecular weight excluding hydrogens is 719 g/mol. The molecule has 0 saturated heterocycles. The minimum atomic E-state index is 0.0269. The van der Waals surface area contributed by atoms with Crippen LogP contribution in [0.5, 0.6) is 0 Å². The second-order valence-corrected chi connectivity index (χ2v) is 15.7. The summed E-state index contributed by atoms with van der Waals surface area (Å²) < 4.78 is 6.67. The van der Waals surface area contributed by atoms with Crippen LogP contribution in [0.15, 0.2) is 205 Å². The van der Waals surface area contributed by atoms with Crippen LogP contribution in [-0.2, 0) is 0 Å². The maximum atomic E-state index is 14.0. The van der Waals surface area contributed by atoms with Gasteiger partial charge in [0.15, 0.2) is 0 Å². The lowest BCUT2D eigenvalue weighted by Crippen LogP contribution is -2.12. The van der Waals surface area contributed by atoms with Gasteiger partial charge in [0.25, 0.3) is 5.56 Å². The van der Waals surface area contributed by atoms with Crippen molar-refractivity contribution in [1.82, 2.24) is 13.5 Å². The molecule has 9 aromatic carbocycles. The predicted molar refractivity (Wildman–Crippen MR) is 247 cm³/mol. The van der Waals surface area contributed by atoms with Gasteiger partial charge in [-0.2, -0.15) is 0 Å². The molecule has 0 unspecified atom stereocenters. The van der Waals surface area contributed by atoms with Gasteiger partial charge in [-0.3, -0.25) is 9.20 Å². The van der Waals surface area contributed by atoms with Gasteiger partial charge < -0.3 is 9.13 Å². The molecule has 0 fully saturated rings. The largest absolute Gasteiger partial charge is 0.309 e. The van der Waals surface area contributed by atoms with E-state index in [1.807, 2.05) is 28.7 Å². The Kier molecular flexibility index (Phi) is 6.56. The third-order valence-corrected chi connectivity index (χ3v) is 12.6. The highest BCUT2D eigenvalue weighted by molar-refractivity contribution is 6.22. The molecule has 59 heavy (non-hydrogen) atoms. The zero-order valence-corrected chi connectivity index (χ0v) is 31.8. The first-order chi connectivity index (χ1) is 29.2. The molecule has 13 rings (SSSR count). The fourth-order valence-corrected chi connectivity index (χ4v) is 9.95. The van der Waals surface area contributed by atoms with Gasteiger partial charge in [0.05, 0.1) is 33.1 Å². The lowest BCUT2D eigenvalue weighted by Gasteiger charge is -2.10. The monoisotopic (exact) mass is 751 g/mol. The summed E-state index contributed by atoms with van der Waals surface area (Å²) in [6.45, 7) is 0. The first-order valence-corrected chi connectivity index (χ1v) is 20.1. The van der Waals surface area contributed by atoms with Crippen molar-refractivity contribution in [3.8, 4) is 33.6 Å². The summed E-state index contributed by atoms with van der Waals surface area (Å²) in [4.78, 5) is 14.0. The minimum absolute atomic E-state index is 0.0269. The number of benzene rings is 9. The molecule has 13 aromatic rings. The molecule has 4 aromatic heterocycles. The molecule has 0 aliphatic carbocycles. The van der Waals surface area contributed by atoms with E-state index in [1.165, 1.54) is 43.7 Å². The first kappa shape index (κ1) is 32.2. The zero-order valence-electron chi connectivity index (χ0n) is 31.8. The van der Waals surface area contributed by atoms with E-state index in [9.17, 15) is 4.79 Å². The van der Waals surface area contributed by atoms with Crippen LogP contribution in [0.2, 0.25) is 0 Å². The van der Waals surface area contributed by atoms with Crippen LogP contribution in [0, 0.1) is 0 Å². The van der Waals surface area contributed by atoms with Crippen LogP contribution >= 0.6 is 0 Å². The molecule has 0 spiro atoms. The standard InChI is InChI=1S/C55H33N3O/c59-55-43-20-8-7-17-40(43)47-32-37(33-48-42-19-10-12-22-50(42)58(55)54(47)48)36-25-28-53-46(31-36)45-30-35(24-27-52(45)57(53)39-15-5-2-6-16-39)34-23-26-51-44(29-34)41-18-9-11-21-49(41)56(51)38-13-3-1-4-14-38/h1-33H. The van der Waals surface area contributed by atoms with Gasteiger partial charge in [0.2, 0.25) is 0 Å². The van der Waals surface area contributed by atoms with Crippen LogP contribution < -0.4 is 5.56 Å². The van der Waals surface area contributed by atoms with E-state index in [-0.39, 0.29) is 5.56 Å². The van der Waals surface area contributed by atoms with E-state index in [2.05, 4.69) is 185 Å². The Labute approximate surface area is 338 Å². The number of pyridine rings is 1. The maximum absolute atomic E-state index is 14.0. The maximum Gasteiger partial charge on any atom is 0.263 e. The number of aromatic nitrogens is 3. The summed E-state index contributed by atoms with van der Waals surface area (Å²) >= 11 is 0. The molecule has 0 bridgehead atoms. The van der Waals surface area contributed by atoms with Crippen molar-refractivity contribution < 1.29 is 0 Å². The molecule has 4 heterocycles. The Hall–Kier alpha value is -7.95. The third-order valence-electron chi connectivity index (χ3n) is 12.6. The van der Waals surface area contributed by atoms with E-state index in [4.69, 9.17) is 0 Å².